The van der Waals surface area contributed by atoms with Gasteiger partial charge in [-0.05, 0) is 51.7 Å². The summed E-state index contributed by atoms with van der Waals surface area (Å²) in [5.74, 6) is 0.767. The topological polar surface area (TPSA) is 41.1 Å². The van der Waals surface area contributed by atoms with E-state index in [0.29, 0.717) is 6.04 Å². The molecule has 0 radical (unpaired) electrons. The van der Waals surface area contributed by atoms with Gasteiger partial charge in [-0.15, -0.1) is 0 Å². The van der Waals surface area contributed by atoms with Crippen LogP contribution in [0.1, 0.15) is 45.1 Å². The average Bonchev–Trinajstić information content (AvgIpc) is 2.95. The molecule has 1 amide bonds. The van der Waals surface area contributed by atoms with E-state index in [0.717, 1.165) is 11.6 Å². The summed E-state index contributed by atoms with van der Waals surface area (Å²) < 4.78 is 0. The van der Waals surface area contributed by atoms with Crippen LogP contribution in [0.5, 0.6) is 0 Å². The molecular formula is C17H26N2O. The first kappa shape index (κ1) is 15.0. The molecule has 2 atom stereocenters. The Morgan fingerprint density at radius 1 is 1.15 bits per heavy atom. The number of nitrogens with one attached hydrogen (secondary N) is 2. The fraction of sp³-hybridized carbons (Fsp3) is 0.588. The summed E-state index contributed by atoms with van der Waals surface area (Å²) in [4.78, 5) is 12.2. The van der Waals surface area contributed by atoms with Gasteiger partial charge in [-0.2, -0.15) is 0 Å². The number of aryl methyl sites for hydroxylation is 1. The molecule has 3 heteroatoms. The molecule has 0 spiro atoms. The van der Waals surface area contributed by atoms with Crippen LogP contribution in [0, 0.1) is 12.8 Å². The molecule has 2 rings (SSSR count). The van der Waals surface area contributed by atoms with Crippen LogP contribution >= 0.6 is 0 Å². The van der Waals surface area contributed by atoms with Crippen LogP contribution in [-0.2, 0) is 4.79 Å². The van der Waals surface area contributed by atoms with E-state index in [1.807, 2.05) is 38.1 Å². The first-order chi connectivity index (χ1) is 9.56. The highest BCUT2D eigenvalue weighted by Gasteiger charge is 2.24. The monoisotopic (exact) mass is 274 g/mol. The second kappa shape index (κ2) is 6.89. The number of carbonyl (C=O) groups excluding carboxylic acids is 1. The van der Waals surface area contributed by atoms with E-state index in [-0.39, 0.29) is 11.9 Å². The summed E-state index contributed by atoms with van der Waals surface area (Å²) in [6.07, 6.45) is 5.25. The van der Waals surface area contributed by atoms with Crippen LogP contribution in [0.2, 0.25) is 0 Å². The van der Waals surface area contributed by atoms with Gasteiger partial charge in [0.05, 0.1) is 6.04 Å². The minimum Gasteiger partial charge on any atom is -0.325 e. The van der Waals surface area contributed by atoms with Gasteiger partial charge in [0.15, 0.2) is 0 Å². The lowest BCUT2D eigenvalue weighted by Gasteiger charge is -2.24. The summed E-state index contributed by atoms with van der Waals surface area (Å²) in [5.41, 5.74) is 2.06. The van der Waals surface area contributed by atoms with Crippen molar-refractivity contribution in [3.63, 3.8) is 0 Å². The fourth-order valence-electron chi connectivity index (χ4n) is 2.95. The van der Waals surface area contributed by atoms with E-state index in [1.165, 1.54) is 31.2 Å². The lowest BCUT2D eigenvalue weighted by molar-refractivity contribution is -0.118. The molecule has 110 valence electrons. The Labute approximate surface area is 122 Å². The molecule has 1 aliphatic carbocycles. The van der Waals surface area contributed by atoms with Gasteiger partial charge in [-0.25, -0.2) is 0 Å². The van der Waals surface area contributed by atoms with Crippen LogP contribution < -0.4 is 10.6 Å². The maximum absolute atomic E-state index is 12.2. The van der Waals surface area contributed by atoms with Crippen LogP contribution in [0.4, 0.5) is 5.69 Å². The third-order valence-electron chi connectivity index (χ3n) is 4.33. The highest BCUT2D eigenvalue weighted by Crippen LogP contribution is 2.27. The van der Waals surface area contributed by atoms with Crippen molar-refractivity contribution in [2.45, 2.75) is 58.5 Å². The van der Waals surface area contributed by atoms with Crippen LogP contribution in [-0.4, -0.2) is 18.0 Å². The van der Waals surface area contributed by atoms with E-state index in [1.54, 1.807) is 0 Å². The third kappa shape index (κ3) is 4.07. The van der Waals surface area contributed by atoms with Crippen molar-refractivity contribution >= 4 is 11.6 Å². The van der Waals surface area contributed by atoms with Gasteiger partial charge >= 0.3 is 0 Å². The maximum Gasteiger partial charge on any atom is 0.241 e. The van der Waals surface area contributed by atoms with Crippen molar-refractivity contribution in [1.29, 1.82) is 0 Å². The first-order valence-electron chi connectivity index (χ1n) is 7.70. The molecule has 0 saturated heterocycles. The van der Waals surface area contributed by atoms with Crippen molar-refractivity contribution in [2.75, 3.05) is 5.32 Å². The predicted molar refractivity (Wildman–Crippen MR) is 83.8 cm³/mol. The van der Waals surface area contributed by atoms with Crippen molar-refractivity contribution < 1.29 is 4.79 Å². The van der Waals surface area contributed by atoms with Gasteiger partial charge in [0.25, 0.3) is 0 Å². The molecule has 1 aliphatic rings. The van der Waals surface area contributed by atoms with Crippen LogP contribution in [0.15, 0.2) is 24.3 Å². The summed E-state index contributed by atoms with van der Waals surface area (Å²) in [6.45, 7) is 6.18. The molecule has 1 fully saturated rings. The van der Waals surface area contributed by atoms with Crippen LogP contribution in [0.25, 0.3) is 0 Å². The minimum atomic E-state index is -0.160. The van der Waals surface area contributed by atoms with Crippen LogP contribution in [0.3, 0.4) is 0 Å². The van der Waals surface area contributed by atoms with Crippen molar-refractivity contribution in [3.8, 4) is 0 Å². The molecule has 1 aromatic carbocycles. The molecule has 0 aliphatic heterocycles. The Hall–Kier alpha value is -1.35. The Morgan fingerprint density at radius 2 is 1.75 bits per heavy atom. The molecule has 0 bridgehead atoms. The smallest absolute Gasteiger partial charge is 0.241 e. The van der Waals surface area contributed by atoms with E-state index in [9.17, 15) is 4.79 Å². The number of hydrogen-bond donors (Lipinski definition) is 2. The number of benzene rings is 1. The Kier molecular flexibility index (Phi) is 5.18. The zero-order chi connectivity index (χ0) is 14.5. The van der Waals surface area contributed by atoms with Crippen molar-refractivity contribution in [1.82, 2.24) is 5.32 Å². The number of rotatable bonds is 5. The molecule has 1 unspecified atom stereocenters. The van der Waals surface area contributed by atoms with Gasteiger partial charge in [-0.3, -0.25) is 4.79 Å². The molecule has 0 heterocycles. The highest BCUT2D eigenvalue weighted by molar-refractivity contribution is 5.94. The fourth-order valence-corrected chi connectivity index (χ4v) is 2.95. The highest BCUT2D eigenvalue weighted by atomic mass is 16.2. The van der Waals surface area contributed by atoms with Gasteiger partial charge in [0.1, 0.15) is 0 Å². The van der Waals surface area contributed by atoms with Gasteiger partial charge in [-0.1, -0.05) is 30.5 Å². The van der Waals surface area contributed by atoms with E-state index in [4.69, 9.17) is 0 Å². The molecular weight excluding hydrogens is 248 g/mol. The minimum absolute atomic E-state index is 0.0405. The molecule has 3 nitrogen and oxygen atoms in total. The zero-order valence-corrected chi connectivity index (χ0v) is 12.8. The van der Waals surface area contributed by atoms with Gasteiger partial charge in [0, 0.05) is 11.7 Å². The normalized spacial score (nSPS) is 18.8. The number of amides is 1. The number of carbonyl (C=O) groups is 1. The largest absolute Gasteiger partial charge is 0.325 e. The Balaban J connectivity index is 1.83. The SMILES string of the molecule is Cc1ccc(NC(=O)C(C)N[C@@H](C)C2CCCC2)cc1. The van der Waals surface area contributed by atoms with E-state index < -0.39 is 0 Å². The summed E-state index contributed by atoms with van der Waals surface area (Å²) in [5, 5.41) is 6.40. The standard InChI is InChI=1S/C17H26N2O/c1-12-8-10-16(11-9-12)19-17(20)14(3)18-13(2)15-6-4-5-7-15/h8-11,13-15,18H,4-7H2,1-3H3,(H,19,20)/t13-,14?/m0/s1. The number of hydrogen-bond acceptors (Lipinski definition) is 2. The molecule has 0 aromatic heterocycles. The Morgan fingerprint density at radius 3 is 2.35 bits per heavy atom. The second-order valence-electron chi connectivity index (χ2n) is 6.08. The van der Waals surface area contributed by atoms with Crippen molar-refractivity contribution in [2.24, 2.45) is 5.92 Å². The first-order valence-corrected chi connectivity index (χ1v) is 7.70. The second-order valence-corrected chi connectivity index (χ2v) is 6.08. The quantitative estimate of drug-likeness (QED) is 0.863. The molecule has 20 heavy (non-hydrogen) atoms. The number of anilines is 1. The summed E-state index contributed by atoms with van der Waals surface area (Å²) in [7, 11) is 0. The lowest BCUT2D eigenvalue weighted by Crippen LogP contribution is -2.45. The van der Waals surface area contributed by atoms with Gasteiger partial charge < -0.3 is 10.6 Å². The summed E-state index contributed by atoms with van der Waals surface area (Å²) >= 11 is 0. The Bertz CT molecular complexity index is 435. The molecule has 1 saturated carbocycles. The van der Waals surface area contributed by atoms with Crippen molar-refractivity contribution in [3.05, 3.63) is 29.8 Å². The van der Waals surface area contributed by atoms with E-state index >= 15 is 0 Å². The lowest BCUT2D eigenvalue weighted by atomic mass is 9.99. The average molecular weight is 274 g/mol. The van der Waals surface area contributed by atoms with Gasteiger partial charge in [0.2, 0.25) is 5.91 Å². The summed E-state index contributed by atoms with van der Waals surface area (Å²) in [6, 6.07) is 8.16. The third-order valence-corrected chi connectivity index (χ3v) is 4.33. The predicted octanol–water partition coefficient (Wildman–Crippen LogP) is 3.49. The maximum atomic E-state index is 12.2. The zero-order valence-electron chi connectivity index (χ0n) is 12.8. The molecule has 1 aromatic rings. The molecule has 2 N–H and O–H groups in total. The van der Waals surface area contributed by atoms with E-state index in [2.05, 4.69) is 17.6 Å².